The van der Waals surface area contributed by atoms with E-state index < -0.39 is 0 Å². The van der Waals surface area contributed by atoms with Gasteiger partial charge in [0.05, 0.1) is 11.1 Å². The number of carbonyl (C=O) groups excluding carboxylic acids is 1. The molecule has 2 bridgehead atoms. The van der Waals surface area contributed by atoms with Crippen molar-refractivity contribution >= 4 is 28.4 Å². The molecule has 1 amide bonds. The smallest absolute Gasteiger partial charge is 0.252 e. The van der Waals surface area contributed by atoms with Gasteiger partial charge in [-0.2, -0.15) is 0 Å². The first kappa shape index (κ1) is 15.6. The van der Waals surface area contributed by atoms with Crippen LogP contribution in [0.2, 0.25) is 5.02 Å². The highest BCUT2D eigenvalue weighted by Gasteiger charge is 2.34. The molecule has 3 heterocycles. The number of fused-ring (bicyclic) bond motifs is 3. The van der Waals surface area contributed by atoms with Crippen LogP contribution in [0.1, 0.15) is 60.5 Å². The fourth-order valence-electron chi connectivity index (χ4n) is 4.43. The number of nitrogens with one attached hydrogen (secondary N) is 2. The summed E-state index contributed by atoms with van der Waals surface area (Å²) >= 11 is 6.18. The lowest BCUT2D eigenvalue weighted by molar-refractivity contribution is 0.0925. The third kappa shape index (κ3) is 3.02. The molecule has 2 aliphatic heterocycles. The van der Waals surface area contributed by atoms with Gasteiger partial charge in [0.1, 0.15) is 0 Å². The lowest BCUT2D eigenvalue weighted by Gasteiger charge is -2.29. The van der Waals surface area contributed by atoms with Crippen LogP contribution in [0.3, 0.4) is 0 Å². The van der Waals surface area contributed by atoms with E-state index >= 15 is 0 Å². The molecule has 5 rings (SSSR count). The largest absolute Gasteiger partial charge is 0.349 e. The molecule has 0 spiro atoms. The fourth-order valence-corrected chi connectivity index (χ4v) is 4.60. The van der Waals surface area contributed by atoms with E-state index in [0.29, 0.717) is 23.0 Å². The number of rotatable bonds is 3. The normalized spacial score (nSPS) is 28.3. The second-order valence-electron chi connectivity index (χ2n) is 7.81. The molecule has 2 N–H and O–H groups in total. The lowest BCUT2D eigenvalue weighted by atomic mass is 9.98. The van der Waals surface area contributed by atoms with E-state index in [0.717, 1.165) is 35.0 Å². The summed E-state index contributed by atoms with van der Waals surface area (Å²) in [6, 6.07) is 9.01. The van der Waals surface area contributed by atoms with Crippen molar-refractivity contribution in [3.8, 4) is 0 Å². The number of piperidine rings is 1. The molecular weight excluding hydrogens is 334 g/mol. The molecule has 1 aromatic heterocycles. The lowest BCUT2D eigenvalue weighted by Crippen LogP contribution is -2.48. The average molecular weight is 356 g/mol. The molecule has 0 radical (unpaired) electrons. The van der Waals surface area contributed by atoms with Crippen LogP contribution in [0, 0.1) is 0 Å². The Balaban J connectivity index is 1.47. The molecule has 25 heavy (non-hydrogen) atoms. The Labute approximate surface area is 152 Å². The molecular formula is C20H22ClN3O. The van der Waals surface area contributed by atoms with E-state index in [2.05, 4.69) is 10.6 Å². The van der Waals surface area contributed by atoms with Gasteiger partial charge in [0.2, 0.25) is 0 Å². The maximum Gasteiger partial charge on any atom is 0.252 e. The quantitative estimate of drug-likeness (QED) is 0.881. The van der Waals surface area contributed by atoms with Crippen molar-refractivity contribution in [2.45, 2.75) is 62.6 Å². The highest BCUT2D eigenvalue weighted by atomic mass is 35.5. The average Bonchev–Trinajstić information content (AvgIpc) is 3.39. The van der Waals surface area contributed by atoms with E-state index in [-0.39, 0.29) is 11.9 Å². The maximum absolute atomic E-state index is 13.1. The monoisotopic (exact) mass is 355 g/mol. The van der Waals surface area contributed by atoms with Gasteiger partial charge >= 0.3 is 0 Å². The first-order valence-electron chi connectivity index (χ1n) is 9.33. The van der Waals surface area contributed by atoms with Gasteiger partial charge in [-0.3, -0.25) is 9.78 Å². The number of carbonyl (C=O) groups is 1. The van der Waals surface area contributed by atoms with Gasteiger partial charge in [0.25, 0.3) is 5.91 Å². The number of pyridine rings is 1. The molecule has 1 aliphatic carbocycles. The van der Waals surface area contributed by atoms with Gasteiger partial charge in [-0.05, 0) is 62.8 Å². The first-order chi connectivity index (χ1) is 12.2. The van der Waals surface area contributed by atoms with Crippen LogP contribution in [-0.4, -0.2) is 29.0 Å². The van der Waals surface area contributed by atoms with Crippen molar-refractivity contribution in [2.24, 2.45) is 0 Å². The summed E-state index contributed by atoms with van der Waals surface area (Å²) in [4.78, 5) is 17.8. The second kappa shape index (κ2) is 5.96. The Kier molecular flexibility index (Phi) is 3.72. The van der Waals surface area contributed by atoms with Crippen molar-refractivity contribution in [1.29, 1.82) is 0 Å². The highest BCUT2D eigenvalue weighted by molar-refractivity contribution is 6.31. The van der Waals surface area contributed by atoms with E-state index in [4.69, 9.17) is 16.6 Å². The Morgan fingerprint density at radius 1 is 1.12 bits per heavy atom. The van der Waals surface area contributed by atoms with Crippen LogP contribution >= 0.6 is 11.6 Å². The maximum atomic E-state index is 13.1. The van der Waals surface area contributed by atoms with Crippen LogP contribution < -0.4 is 10.6 Å². The Morgan fingerprint density at radius 2 is 1.88 bits per heavy atom. The summed E-state index contributed by atoms with van der Waals surface area (Å²) in [5.74, 6) is 0.532. The van der Waals surface area contributed by atoms with Crippen LogP contribution in [0.15, 0.2) is 24.3 Å². The number of hydrogen-bond donors (Lipinski definition) is 2. The molecule has 2 saturated heterocycles. The molecule has 1 saturated carbocycles. The molecule has 5 heteroatoms. The van der Waals surface area contributed by atoms with Crippen LogP contribution in [0.25, 0.3) is 10.9 Å². The SMILES string of the molecule is O=C(NC1CC2CCC(C1)N2)c1cc(C2CC2)nc2ccc(Cl)cc12. The van der Waals surface area contributed by atoms with E-state index in [1.165, 1.54) is 25.7 Å². The summed E-state index contributed by atoms with van der Waals surface area (Å²) in [5.41, 5.74) is 2.63. The van der Waals surface area contributed by atoms with Crippen molar-refractivity contribution in [2.75, 3.05) is 0 Å². The molecule has 3 aliphatic rings. The molecule has 2 aromatic rings. The topological polar surface area (TPSA) is 54.0 Å². The number of benzene rings is 1. The van der Waals surface area contributed by atoms with Crippen molar-refractivity contribution in [1.82, 2.24) is 15.6 Å². The molecule has 130 valence electrons. The zero-order valence-corrected chi connectivity index (χ0v) is 14.9. The third-order valence-corrected chi connectivity index (χ3v) is 6.07. The van der Waals surface area contributed by atoms with Crippen molar-refractivity contribution in [3.05, 3.63) is 40.5 Å². The van der Waals surface area contributed by atoms with Gasteiger partial charge < -0.3 is 10.6 Å². The number of aromatic nitrogens is 1. The number of amides is 1. The molecule has 2 unspecified atom stereocenters. The zero-order chi connectivity index (χ0) is 17.0. The van der Waals surface area contributed by atoms with Gasteiger partial charge in [-0.25, -0.2) is 0 Å². The summed E-state index contributed by atoms with van der Waals surface area (Å²) < 4.78 is 0. The minimum atomic E-state index is 0.0165. The molecule has 2 atom stereocenters. The Morgan fingerprint density at radius 3 is 2.60 bits per heavy atom. The van der Waals surface area contributed by atoms with Crippen LogP contribution in [0.5, 0.6) is 0 Å². The van der Waals surface area contributed by atoms with Gasteiger partial charge in [0, 0.05) is 40.1 Å². The number of nitrogens with zero attached hydrogens (tertiary/aromatic N) is 1. The molecule has 4 nitrogen and oxygen atoms in total. The predicted octanol–water partition coefficient (Wildman–Crippen LogP) is 3.78. The van der Waals surface area contributed by atoms with Crippen LogP contribution in [-0.2, 0) is 0 Å². The zero-order valence-electron chi connectivity index (χ0n) is 14.1. The highest BCUT2D eigenvalue weighted by Crippen LogP contribution is 2.40. The Hall–Kier alpha value is -1.65. The predicted molar refractivity (Wildman–Crippen MR) is 99.2 cm³/mol. The molecule has 1 aromatic carbocycles. The van der Waals surface area contributed by atoms with Gasteiger partial charge in [-0.15, -0.1) is 0 Å². The van der Waals surface area contributed by atoms with Crippen LogP contribution in [0.4, 0.5) is 0 Å². The van der Waals surface area contributed by atoms with Gasteiger partial charge in [0.15, 0.2) is 0 Å². The van der Waals surface area contributed by atoms with E-state index in [1.807, 2.05) is 24.3 Å². The van der Waals surface area contributed by atoms with Crippen molar-refractivity contribution < 1.29 is 4.79 Å². The van der Waals surface area contributed by atoms with E-state index in [1.54, 1.807) is 0 Å². The third-order valence-electron chi connectivity index (χ3n) is 5.84. The number of halogens is 1. The first-order valence-corrected chi connectivity index (χ1v) is 9.70. The van der Waals surface area contributed by atoms with E-state index in [9.17, 15) is 4.79 Å². The standard InChI is InChI=1S/C20H22ClN3O/c21-12-3-6-18-16(7-12)17(10-19(24-18)11-1-2-11)20(25)23-15-8-13-4-5-14(9-15)22-13/h3,6-7,10-11,13-15,22H,1-2,4-5,8-9H2,(H,23,25). The number of hydrogen-bond acceptors (Lipinski definition) is 3. The Bertz CT molecular complexity index is 836. The molecule has 3 fully saturated rings. The summed E-state index contributed by atoms with van der Waals surface area (Å²) in [6.45, 7) is 0. The summed E-state index contributed by atoms with van der Waals surface area (Å²) in [5, 5.41) is 8.40. The summed E-state index contributed by atoms with van der Waals surface area (Å²) in [7, 11) is 0. The fraction of sp³-hybridized carbons (Fsp3) is 0.500. The van der Waals surface area contributed by atoms with Crippen molar-refractivity contribution in [3.63, 3.8) is 0 Å². The van der Waals surface area contributed by atoms with Gasteiger partial charge in [-0.1, -0.05) is 11.6 Å². The second-order valence-corrected chi connectivity index (χ2v) is 8.25. The summed E-state index contributed by atoms with van der Waals surface area (Å²) in [6.07, 6.45) is 6.87. The minimum absolute atomic E-state index is 0.0165. The minimum Gasteiger partial charge on any atom is -0.349 e.